The van der Waals surface area contributed by atoms with E-state index in [0.29, 0.717) is 0 Å². The highest BCUT2D eigenvalue weighted by molar-refractivity contribution is 5.29. The SMILES string of the molecule is COCCCC(N)c1ccc(C(C)(C)C)cc1. The first kappa shape index (κ1) is 14.2. The van der Waals surface area contributed by atoms with Gasteiger partial charge in [0, 0.05) is 19.8 Å². The molecule has 1 atom stereocenters. The van der Waals surface area contributed by atoms with E-state index in [2.05, 4.69) is 45.0 Å². The maximum absolute atomic E-state index is 6.14. The summed E-state index contributed by atoms with van der Waals surface area (Å²) in [6.07, 6.45) is 1.99. The molecule has 0 saturated carbocycles. The number of rotatable bonds is 5. The Hall–Kier alpha value is -0.860. The molecule has 0 fully saturated rings. The molecule has 17 heavy (non-hydrogen) atoms. The third kappa shape index (κ3) is 4.49. The van der Waals surface area contributed by atoms with Gasteiger partial charge in [-0.2, -0.15) is 0 Å². The Morgan fingerprint density at radius 1 is 1.18 bits per heavy atom. The molecule has 2 heteroatoms. The van der Waals surface area contributed by atoms with Gasteiger partial charge in [0.05, 0.1) is 0 Å². The fourth-order valence-electron chi connectivity index (χ4n) is 1.84. The predicted octanol–water partition coefficient (Wildman–Crippen LogP) is 3.41. The van der Waals surface area contributed by atoms with Crippen LogP contribution in [0.2, 0.25) is 0 Å². The van der Waals surface area contributed by atoms with Crippen molar-refractivity contribution in [2.45, 2.75) is 45.1 Å². The van der Waals surface area contributed by atoms with E-state index in [4.69, 9.17) is 10.5 Å². The molecular weight excluding hydrogens is 210 g/mol. The van der Waals surface area contributed by atoms with Gasteiger partial charge in [0.25, 0.3) is 0 Å². The molecular formula is C15H25NO. The van der Waals surface area contributed by atoms with Crippen LogP contribution in [0.3, 0.4) is 0 Å². The molecule has 0 amide bonds. The lowest BCUT2D eigenvalue weighted by molar-refractivity contribution is 0.190. The summed E-state index contributed by atoms with van der Waals surface area (Å²) in [5.74, 6) is 0. The average Bonchev–Trinajstić information content (AvgIpc) is 2.28. The Bertz CT molecular complexity index is 324. The fourth-order valence-corrected chi connectivity index (χ4v) is 1.84. The first-order valence-corrected chi connectivity index (χ1v) is 6.30. The lowest BCUT2D eigenvalue weighted by atomic mass is 9.86. The van der Waals surface area contributed by atoms with Crippen LogP contribution in [0.25, 0.3) is 0 Å². The lowest BCUT2D eigenvalue weighted by Gasteiger charge is -2.20. The van der Waals surface area contributed by atoms with Crippen molar-refractivity contribution in [3.63, 3.8) is 0 Å². The van der Waals surface area contributed by atoms with Crippen molar-refractivity contribution in [2.75, 3.05) is 13.7 Å². The van der Waals surface area contributed by atoms with Gasteiger partial charge in [-0.25, -0.2) is 0 Å². The van der Waals surface area contributed by atoms with Gasteiger partial charge in [-0.3, -0.25) is 0 Å². The Balaban J connectivity index is 2.61. The van der Waals surface area contributed by atoms with Crippen molar-refractivity contribution in [3.8, 4) is 0 Å². The molecule has 0 spiro atoms. The van der Waals surface area contributed by atoms with Gasteiger partial charge in [0.2, 0.25) is 0 Å². The molecule has 0 heterocycles. The van der Waals surface area contributed by atoms with E-state index in [9.17, 15) is 0 Å². The van der Waals surface area contributed by atoms with E-state index in [1.165, 1.54) is 11.1 Å². The van der Waals surface area contributed by atoms with Crippen LogP contribution < -0.4 is 5.73 Å². The van der Waals surface area contributed by atoms with Crippen molar-refractivity contribution < 1.29 is 4.74 Å². The molecule has 1 aromatic rings. The van der Waals surface area contributed by atoms with Crippen molar-refractivity contribution >= 4 is 0 Å². The molecule has 0 radical (unpaired) electrons. The molecule has 1 aromatic carbocycles. The Kier molecular flexibility index (Phi) is 5.16. The summed E-state index contributed by atoms with van der Waals surface area (Å²) in [7, 11) is 1.73. The Morgan fingerprint density at radius 2 is 1.76 bits per heavy atom. The van der Waals surface area contributed by atoms with E-state index in [1.54, 1.807) is 7.11 Å². The summed E-state index contributed by atoms with van der Waals surface area (Å²) < 4.78 is 5.04. The molecule has 1 rings (SSSR count). The first-order valence-electron chi connectivity index (χ1n) is 6.30. The lowest BCUT2D eigenvalue weighted by Crippen LogP contribution is -2.13. The van der Waals surface area contributed by atoms with Crippen LogP contribution in [-0.2, 0) is 10.2 Å². The third-order valence-corrected chi connectivity index (χ3v) is 3.07. The van der Waals surface area contributed by atoms with Gasteiger partial charge in [-0.05, 0) is 29.4 Å². The molecule has 96 valence electrons. The topological polar surface area (TPSA) is 35.2 Å². The molecule has 2 nitrogen and oxygen atoms in total. The van der Waals surface area contributed by atoms with Crippen LogP contribution in [0.15, 0.2) is 24.3 Å². The minimum atomic E-state index is 0.124. The summed E-state index contributed by atoms with van der Waals surface area (Å²) in [5.41, 5.74) is 8.92. The highest BCUT2D eigenvalue weighted by Gasteiger charge is 2.13. The summed E-state index contributed by atoms with van der Waals surface area (Å²) in [6.45, 7) is 7.45. The van der Waals surface area contributed by atoms with Crippen LogP contribution >= 0.6 is 0 Å². The Labute approximate surface area is 105 Å². The van der Waals surface area contributed by atoms with Gasteiger partial charge in [-0.15, -0.1) is 0 Å². The van der Waals surface area contributed by atoms with E-state index in [1.807, 2.05) is 0 Å². The molecule has 0 aliphatic heterocycles. The van der Waals surface area contributed by atoms with E-state index in [-0.39, 0.29) is 11.5 Å². The van der Waals surface area contributed by atoms with Crippen LogP contribution in [0.4, 0.5) is 0 Å². The minimum Gasteiger partial charge on any atom is -0.385 e. The van der Waals surface area contributed by atoms with Gasteiger partial charge in [0.15, 0.2) is 0 Å². The zero-order chi connectivity index (χ0) is 12.9. The smallest absolute Gasteiger partial charge is 0.0462 e. The summed E-state index contributed by atoms with van der Waals surface area (Å²) in [4.78, 5) is 0. The fraction of sp³-hybridized carbons (Fsp3) is 0.600. The summed E-state index contributed by atoms with van der Waals surface area (Å²) in [6, 6.07) is 8.80. The maximum atomic E-state index is 6.14. The monoisotopic (exact) mass is 235 g/mol. The van der Waals surface area contributed by atoms with Crippen molar-refractivity contribution in [1.29, 1.82) is 0 Å². The standard InChI is InChI=1S/C15H25NO/c1-15(2,3)13-9-7-12(8-10-13)14(16)6-5-11-17-4/h7-10,14H,5-6,11,16H2,1-4H3. The van der Waals surface area contributed by atoms with E-state index in [0.717, 1.165) is 19.4 Å². The van der Waals surface area contributed by atoms with Gasteiger partial charge in [0.1, 0.15) is 0 Å². The van der Waals surface area contributed by atoms with E-state index >= 15 is 0 Å². The second-order valence-electron chi connectivity index (χ2n) is 5.61. The quantitative estimate of drug-likeness (QED) is 0.794. The maximum Gasteiger partial charge on any atom is 0.0462 e. The normalized spacial score (nSPS) is 13.7. The highest BCUT2D eigenvalue weighted by atomic mass is 16.5. The first-order chi connectivity index (χ1) is 7.95. The van der Waals surface area contributed by atoms with Crippen LogP contribution in [-0.4, -0.2) is 13.7 Å². The number of methoxy groups -OCH3 is 1. The van der Waals surface area contributed by atoms with Crippen molar-refractivity contribution in [1.82, 2.24) is 0 Å². The number of ether oxygens (including phenoxy) is 1. The van der Waals surface area contributed by atoms with E-state index < -0.39 is 0 Å². The van der Waals surface area contributed by atoms with Crippen molar-refractivity contribution in [2.24, 2.45) is 5.73 Å². The Morgan fingerprint density at radius 3 is 2.24 bits per heavy atom. The van der Waals surface area contributed by atoms with Crippen LogP contribution in [0.5, 0.6) is 0 Å². The molecule has 2 N–H and O–H groups in total. The zero-order valence-electron chi connectivity index (χ0n) is 11.5. The molecule has 0 aliphatic rings. The molecule has 0 saturated heterocycles. The summed E-state index contributed by atoms with van der Waals surface area (Å²) >= 11 is 0. The molecule has 1 unspecified atom stereocenters. The molecule has 0 bridgehead atoms. The predicted molar refractivity (Wildman–Crippen MR) is 73.2 cm³/mol. The minimum absolute atomic E-state index is 0.124. The third-order valence-electron chi connectivity index (χ3n) is 3.07. The largest absolute Gasteiger partial charge is 0.385 e. The number of hydrogen-bond acceptors (Lipinski definition) is 2. The van der Waals surface area contributed by atoms with Crippen molar-refractivity contribution in [3.05, 3.63) is 35.4 Å². The van der Waals surface area contributed by atoms with Gasteiger partial charge >= 0.3 is 0 Å². The molecule has 0 aliphatic carbocycles. The average molecular weight is 235 g/mol. The van der Waals surface area contributed by atoms with Gasteiger partial charge in [-0.1, -0.05) is 45.0 Å². The van der Waals surface area contributed by atoms with Crippen LogP contribution in [0.1, 0.15) is 50.8 Å². The number of hydrogen-bond donors (Lipinski definition) is 1. The summed E-state index contributed by atoms with van der Waals surface area (Å²) in [5, 5.41) is 0. The zero-order valence-corrected chi connectivity index (χ0v) is 11.5. The second-order valence-corrected chi connectivity index (χ2v) is 5.61. The van der Waals surface area contributed by atoms with Gasteiger partial charge < -0.3 is 10.5 Å². The molecule has 0 aromatic heterocycles. The number of nitrogens with two attached hydrogens (primary N) is 1. The second kappa shape index (κ2) is 6.18. The highest BCUT2D eigenvalue weighted by Crippen LogP contribution is 2.24. The number of benzene rings is 1. The van der Waals surface area contributed by atoms with Crippen LogP contribution in [0, 0.1) is 0 Å².